The summed E-state index contributed by atoms with van der Waals surface area (Å²) in [5, 5.41) is 9.26. The number of benzene rings is 3. The number of ether oxygens (including phenoxy) is 1. The maximum atomic E-state index is 15.2. The van der Waals surface area contributed by atoms with Crippen molar-refractivity contribution in [3.05, 3.63) is 96.0 Å². The van der Waals surface area contributed by atoms with E-state index in [1.807, 2.05) is 13.1 Å². The molecule has 2 aromatic heterocycles. The van der Waals surface area contributed by atoms with Crippen LogP contribution in [0.2, 0.25) is 0 Å². The Bertz CT molecular complexity index is 1930. The molecule has 1 fully saturated rings. The van der Waals surface area contributed by atoms with Crippen molar-refractivity contribution in [2.75, 3.05) is 10.6 Å². The van der Waals surface area contributed by atoms with E-state index in [0.29, 0.717) is 17.0 Å². The standard InChI is InChI=1S/C31H23F4N5O3.ClH/c1-16-11-21-23(12-20(16)17-14-37-40(2)15-17)36-10-7-25(21)43-28-22(33)13-24(26(34)27(28)35)39-30(42)31(8-9-31)29(41)38-19-5-3-18(32)4-6-19;/h3-7,10-15H,8-9H2,1-2H3,(H,38,41)(H,39,42);1H. The second kappa shape index (κ2) is 11.6. The van der Waals surface area contributed by atoms with Crippen molar-refractivity contribution >= 4 is 46.5 Å². The highest BCUT2D eigenvalue weighted by Crippen LogP contribution is 2.48. The molecule has 0 atom stereocenters. The van der Waals surface area contributed by atoms with Gasteiger partial charge in [0.05, 0.1) is 17.4 Å². The van der Waals surface area contributed by atoms with Crippen molar-refractivity contribution < 1.29 is 31.9 Å². The molecule has 1 saturated carbocycles. The van der Waals surface area contributed by atoms with Gasteiger partial charge in [0, 0.05) is 42.1 Å². The van der Waals surface area contributed by atoms with Gasteiger partial charge in [-0.15, -0.1) is 12.4 Å². The lowest BCUT2D eigenvalue weighted by Crippen LogP contribution is -2.36. The number of carbonyl (C=O) groups is 2. The second-order valence-corrected chi connectivity index (χ2v) is 10.4. The summed E-state index contributed by atoms with van der Waals surface area (Å²) in [6, 6.07) is 10.4. The number of halogens is 5. The molecule has 5 aromatic rings. The van der Waals surface area contributed by atoms with Crippen LogP contribution in [0.25, 0.3) is 22.0 Å². The molecule has 1 aliphatic carbocycles. The summed E-state index contributed by atoms with van der Waals surface area (Å²) in [7, 11) is 1.79. The highest BCUT2D eigenvalue weighted by molar-refractivity contribution is 6.17. The highest BCUT2D eigenvalue weighted by Gasteiger charge is 2.56. The summed E-state index contributed by atoms with van der Waals surface area (Å²) < 4.78 is 65.9. The normalized spacial score (nSPS) is 13.2. The van der Waals surface area contributed by atoms with Crippen LogP contribution in [0.1, 0.15) is 18.4 Å². The van der Waals surface area contributed by atoms with Crippen LogP contribution in [0.15, 0.2) is 67.1 Å². The van der Waals surface area contributed by atoms with Crippen LogP contribution in [0.5, 0.6) is 11.5 Å². The highest BCUT2D eigenvalue weighted by atomic mass is 35.5. The Morgan fingerprint density at radius 1 is 0.955 bits per heavy atom. The van der Waals surface area contributed by atoms with E-state index >= 15 is 13.2 Å². The predicted molar refractivity (Wildman–Crippen MR) is 158 cm³/mol. The zero-order valence-corrected chi connectivity index (χ0v) is 24.1. The number of amides is 2. The molecular formula is C31H24ClF4N5O3. The lowest BCUT2D eigenvalue weighted by Gasteiger charge is -2.17. The number of hydrogen-bond donors (Lipinski definition) is 2. The summed E-state index contributed by atoms with van der Waals surface area (Å²) in [5.74, 6) is -7.61. The third kappa shape index (κ3) is 5.55. The van der Waals surface area contributed by atoms with Gasteiger partial charge in [-0.05, 0) is 73.4 Å². The lowest BCUT2D eigenvalue weighted by atomic mass is 10.0. The maximum absolute atomic E-state index is 15.2. The molecule has 2 amide bonds. The van der Waals surface area contributed by atoms with Crippen LogP contribution < -0.4 is 15.4 Å². The minimum Gasteiger partial charge on any atom is -0.450 e. The number of nitrogens with one attached hydrogen (secondary N) is 2. The molecule has 0 spiro atoms. The van der Waals surface area contributed by atoms with Gasteiger partial charge in [0.1, 0.15) is 17.0 Å². The van der Waals surface area contributed by atoms with Crippen molar-refractivity contribution in [3.8, 4) is 22.6 Å². The van der Waals surface area contributed by atoms with Crippen molar-refractivity contribution in [3.63, 3.8) is 0 Å². The monoisotopic (exact) mass is 625 g/mol. The van der Waals surface area contributed by atoms with Gasteiger partial charge >= 0.3 is 0 Å². The number of aryl methyl sites for hydroxylation is 2. The summed E-state index contributed by atoms with van der Waals surface area (Å²) in [6.45, 7) is 1.85. The largest absolute Gasteiger partial charge is 0.450 e. The fourth-order valence-corrected chi connectivity index (χ4v) is 4.82. The first-order valence-corrected chi connectivity index (χ1v) is 13.2. The molecular weight excluding hydrogens is 602 g/mol. The van der Waals surface area contributed by atoms with Crippen molar-refractivity contribution in [2.45, 2.75) is 19.8 Å². The predicted octanol–water partition coefficient (Wildman–Crippen LogP) is 7.07. The van der Waals surface area contributed by atoms with Gasteiger partial charge in [-0.1, -0.05) is 0 Å². The van der Waals surface area contributed by atoms with E-state index in [0.717, 1.165) is 28.8 Å². The summed E-state index contributed by atoms with van der Waals surface area (Å²) in [6.07, 6.45) is 5.21. The van der Waals surface area contributed by atoms with E-state index in [-0.39, 0.29) is 36.7 Å². The maximum Gasteiger partial charge on any atom is 0.240 e. The zero-order chi connectivity index (χ0) is 30.5. The quantitative estimate of drug-likeness (QED) is 0.115. The second-order valence-electron chi connectivity index (χ2n) is 10.4. The summed E-state index contributed by atoms with van der Waals surface area (Å²) in [5.41, 5.74) is 0.904. The molecule has 6 rings (SSSR count). The van der Waals surface area contributed by atoms with Crippen LogP contribution >= 0.6 is 12.4 Å². The Balaban J connectivity index is 0.00000384. The third-order valence-corrected chi connectivity index (χ3v) is 7.36. The Morgan fingerprint density at radius 3 is 2.32 bits per heavy atom. The fraction of sp³-hybridized carbons (Fsp3) is 0.161. The summed E-state index contributed by atoms with van der Waals surface area (Å²) >= 11 is 0. The van der Waals surface area contributed by atoms with Crippen molar-refractivity contribution in [1.29, 1.82) is 0 Å². The smallest absolute Gasteiger partial charge is 0.240 e. The Hall–Kier alpha value is -4.97. The van der Waals surface area contributed by atoms with E-state index in [2.05, 4.69) is 20.7 Å². The Kier molecular flexibility index (Phi) is 8.04. The topological polar surface area (TPSA) is 98.1 Å². The fourth-order valence-electron chi connectivity index (χ4n) is 4.82. The van der Waals surface area contributed by atoms with Crippen LogP contribution in [-0.4, -0.2) is 26.6 Å². The molecule has 3 aromatic carbocycles. The molecule has 226 valence electrons. The van der Waals surface area contributed by atoms with Gasteiger partial charge in [0.25, 0.3) is 0 Å². The number of anilines is 2. The van der Waals surface area contributed by atoms with Crippen LogP contribution in [0.4, 0.5) is 28.9 Å². The first-order valence-electron chi connectivity index (χ1n) is 13.2. The van der Waals surface area contributed by atoms with E-state index in [1.54, 1.807) is 30.1 Å². The SMILES string of the molecule is Cc1cc2c(Oc3c(F)cc(NC(=O)C4(C(=O)Nc5ccc(F)cc5)CC4)c(F)c3F)ccnc2cc1-c1cnn(C)c1.Cl. The van der Waals surface area contributed by atoms with Gasteiger partial charge in [-0.25, -0.2) is 13.2 Å². The van der Waals surface area contributed by atoms with Crippen molar-refractivity contribution in [1.82, 2.24) is 14.8 Å². The number of carbonyl (C=O) groups excluding carboxylic acids is 2. The average Bonchev–Trinajstić information content (AvgIpc) is 3.69. The number of pyridine rings is 1. The number of hydrogen-bond acceptors (Lipinski definition) is 5. The van der Waals surface area contributed by atoms with Gasteiger partial charge in [0.15, 0.2) is 11.6 Å². The molecule has 0 unspecified atom stereocenters. The average molecular weight is 626 g/mol. The lowest BCUT2D eigenvalue weighted by molar-refractivity contribution is -0.131. The molecule has 13 heteroatoms. The van der Waals surface area contributed by atoms with Crippen LogP contribution in [0, 0.1) is 35.6 Å². The minimum absolute atomic E-state index is 0. The molecule has 44 heavy (non-hydrogen) atoms. The van der Waals surface area contributed by atoms with E-state index in [1.165, 1.54) is 24.4 Å². The van der Waals surface area contributed by atoms with Gasteiger partial charge in [-0.3, -0.25) is 19.3 Å². The van der Waals surface area contributed by atoms with Gasteiger partial charge in [0.2, 0.25) is 23.4 Å². The number of fused-ring (bicyclic) bond motifs is 1. The molecule has 0 bridgehead atoms. The van der Waals surface area contributed by atoms with Crippen molar-refractivity contribution in [2.24, 2.45) is 12.5 Å². The van der Waals surface area contributed by atoms with E-state index in [9.17, 15) is 14.0 Å². The first-order chi connectivity index (χ1) is 20.6. The zero-order valence-electron chi connectivity index (χ0n) is 23.3. The number of nitrogens with zero attached hydrogens (tertiary/aromatic N) is 3. The molecule has 0 radical (unpaired) electrons. The van der Waals surface area contributed by atoms with Gasteiger partial charge in [-0.2, -0.15) is 9.49 Å². The molecule has 8 nitrogen and oxygen atoms in total. The molecule has 2 N–H and O–H groups in total. The first kappa shape index (κ1) is 30.5. The number of aromatic nitrogens is 3. The van der Waals surface area contributed by atoms with Gasteiger partial charge < -0.3 is 15.4 Å². The number of rotatable bonds is 7. The Labute approximate surface area is 254 Å². The van der Waals surface area contributed by atoms with Crippen LogP contribution in [0.3, 0.4) is 0 Å². The van der Waals surface area contributed by atoms with E-state index in [4.69, 9.17) is 4.74 Å². The van der Waals surface area contributed by atoms with E-state index < -0.39 is 51.9 Å². The molecule has 0 saturated heterocycles. The third-order valence-electron chi connectivity index (χ3n) is 7.36. The molecule has 2 heterocycles. The van der Waals surface area contributed by atoms with Crippen LogP contribution in [-0.2, 0) is 16.6 Å². The molecule has 0 aliphatic heterocycles. The summed E-state index contributed by atoms with van der Waals surface area (Å²) in [4.78, 5) is 30.1. The minimum atomic E-state index is -1.66. The molecule has 1 aliphatic rings. The Morgan fingerprint density at radius 2 is 1.66 bits per heavy atom.